The molecule has 0 aromatic heterocycles. The minimum Gasteiger partial charge on any atom is -0.375 e. The largest absolute Gasteiger partial charge is 0.375 e. The number of aryl methyl sites for hydroxylation is 1. The highest BCUT2D eigenvalue weighted by molar-refractivity contribution is 5.27. The zero-order chi connectivity index (χ0) is 15.8. The third-order valence-corrected chi connectivity index (χ3v) is 3.12. The number of hydrogen-bond acceptors (Lipinski definition) is 2. The molecule has 1 unspecified atom stereocenters. The average Bonchev–Trinajstić information content (AvgIpc) is 2.45. The molecule has 0 saturated heterocycles. The maximum absolute atomic E-state index is 14.0. The van der Waals surface area contributed by atoms with Crippen LogP contribution in [0.2, 0.25) is 0 Å². The van der Waals surface area contributed by atoms with Crippen molar-refractivity contribution in [2.45, 2.75) is 39.2 Å². The van der Waals surface area contributed by atoms with Gasteiger partial charge in [-0.1, -0.05) is 19.1 Å². The molecule has 1 atom stereocenters. The van der Waals surface area contributed by atoms with Crippen molar-refractivity contribution in [3.05, 3.63) is 34.9 Å². The molecule has 1 rings (SSSR count). The van der Waals surface area contributed by atoms with E-state index in [4.69, 9.17) is 4.74 Å². The van der Waals surface area contributed by atoms with Gasteiger partial charge in [0.25, 0.3) is 6.43 Å². The van der Waals surface area contributed by atoms with Crippen molar-refractivity contribution >= 4 is 0 Å². The molecule has 1 aromatic carbocycles. The summed E-state index contributed by atoms with van der Waals surface area (Å²) in [7, 11) is 0. The number of nitrogens with one attached hydrogen (secondary N) is 1. The van der Waals surface area contributed by atoms with Crippen LogP contribution in [0.4, 0.5) is 17.6 Å². The Bertz CT molecular complexity index is 440. The van der Waals surface area contributed by atoms with Gasteiger partial charge in [-0.2, -0.15) is 0 Å². The van der Waals surface area contributed by atoms with Crippen LogP contribution < -0.4 is 5.32 Å². The first-order valence-corrected chi connectivity index (χ1v) is 7.01. The lowest BCUT2D eigenvalue weighted by molar-refractivity contribution is 0.0143. The fraction of sp³-hybridized carbons (Fsp3) is 0.600. The van der Waals surface area contributed by atoms with Gasteiger partial charge in [-0.15, -0.1) is 0 Å². The predicted octanol–water partition coefficient (Wildman–Crippen LogP) is 3.99. The molecular weight excluding hydrogens is 286 g/mol. The lowest BCUT2D eigenvalue weighted by atomic mass is 10.0. The topological polar surface area (TPSA) is 21.3 Å². The molecule has 0 bridgehead atoms. The summed E-state index contributed by atoms with van der Waals surface area (Å²) in [5.74, 6) is -1.76. The number of ether oxygens (including phenoxy) is 1. The Morgan fingerprint density at radius 2 is 1.90 bits per heavy atom. The normalized spacial score (nSPS) is 12.9. The summed E-state index contributed by atoms with van der Waals surface area (Å²) in [5.41, 5.74) is 0.437. The van der Waals surface area contributed by atoms with Crippen LogP contribution in [0.15, 0.2) is 12.1 Å². The molecule has 120 valence electrons. The summed E-state index contributed by atoms with van der Waals surface area (Å²) in [5, 5.41) is 3.09. The second-order valence-electron chi connectivity index (χ2n) is 4.86. The Morgan fingerprint density at radius 3 is 2.52 bits per heavy atom. The van der Waals surface area contributed by atoms with E-state index in [0.29, 0.717) is 13.0 Å². The van der Waals surface area contributed by atoms with Crippen LogP contribution in [-0.2, 0) is 4.74 Å². The lowest BCUT2D eigenvalue weighted by Crippen LogP contribution is -2.25. The number of hydrogen-bond donors (Lipinski definition) is 1. The minimum absolute atomic E-state index is 0.0562. The highest BCUT2D eigenvalue weighted by Gasteiger charge is 2.19. The van der Waals surface area contributed by atoms with Gasteiger partial charge in [-0.05, 0) is 31.9 Å². The summed E-state index contributed by atoms with van der Waals surface area (Å²) in [6.07, 6.45) is -1.41. The third kappa shape index (κ3) is 5.63. The number of halogens is 4. The highest BCUT2D eigenvalue weighted by atomic mass is 19.3. The molecular formula is C15H21F4NO. The van der Waals surface area contributed by atoms with E-state index in [0.717, 1.165) is 6.42 Å². The molecule has 0 aliphatic rings. The van der Waals surface area contributed by atoms with Gasteiger partial charge in [0, 0.05) is 18.2 Å². The van der Waals surface area contributed by atoms with E-state index in [9.17, 15) is 17.6 Å². The fourth-order valence-corrected chi connectivity index (χ4v) is 1.99. The maximum atomic E-state index is 14.0. The molecule has 21 heavy (non-hydrogen) atoms. The second-order valence-corrected chi connectivity index (χ2v) is 4.86. The van der Waals surface area contributed by atoms with E-state index < -0.39 is 30.7 Å². The van der Waals surface area contributed by atoms with Crippen LogP contribution in [-0.4, -0.2) is 26.2 Å². The molecule has 0 spiro atoms. The Balaban J connectivity index is 2.75. The van der Waals surface area contributed by atoms with Crippen molar-refractivity contribution in [3.8, 4) is 0 Å². The zero-order valence-corrected chi connectivity index (χ0v) is 12.3. The molecule has 0 aliphatic heterocycles. The maximum Gasteiger partial charge on any atom is 0.261 e. The first-order valence-electron chi connectivity index (χ1n) is 7.01. The van der Waals surface area contributed by atoms with Crippen LogP contribution in [0.5, 0.6) is 0 Å². The fourth-order valence-electron chi connectivity index (χ4n) is 1.99. The van der Waals surface area contributed by atoms with Crippen LogP contribution >= 0.6 is 0 Å². The zero-order valence-electron chi connectivity index (χ0n) is 12.3. The molecule has 1 aromatic rings. The van der Waals surface area contributed by atoms with Crippen molar-refractivity contribution in [2.75, 3.05) is 19.8 Å². The van der Waals surface area contributed by atoms with E-state index in [1.165, 1.54) is 19.1 Å². The Labute approximate surface area is 122 Å². The van der Waals surface area contributed by atoms with Gasteiger partial charge in [0.15, 0.2) is 11.6 Å². The van der Waals surface area contributed by atoms with Crippen LogP contribution in [0.3, 0.4) is 0 Å². The molecule has 0 heterocycles. The summed E-state index contributed by atoms with van der Waals surface area (Å²) in [4.78, 5) is 0. The molecule has 1 N–H and O–H groups in total. The highest BCUT2D eigenvalue weighted by Crippen LogP contribution is 2.24. The van der Waals surface area contributed by atoms with Gasteiger partial charge in [0.2, 0.25) is 0 Å². The summed E-state index contributed by atoms with van der Waals surface area (Å²) in [6, 6.07) is 2.57. The average molecular weight is 307 g/mol. The van der Waals surface area contributed by atoms with Crippen LogP contribution in [0.1, 0.15) is 36.9 Å². The first-order chi connectivity index (χ1) is 9.97. The van der Waals surface area contributed by atoms with E-state index in [1.807, 2.05) is 6.92 Å². The Morgan fingerprint density at radius 1 is 1.19 bits per heavy atom. The van der Waals surface area contributed by atoms with Crippen molar-refractivity contribution in [3.63, 3.8) is 0 Å². The Hall–Kier alpha value is -1.14. The minimum atomic E-state index is -2.53. The smallest absolute Gasteiger partial charge is 0.261 e. The second kappa shape index (κ2) is 9.00. The lowest BCUT2D eigenvalue weighted by Gasteiger charge is -2.20. The van der Waals surface area contributed by atoms with E-state index in [2.05, 4.69) is 5.32 Å². The SMILES string of the molecule is CCCNC(CCOCC(F)F)c1ccc(C)c(F)c1F. The summed E-state index contributed by atoms with van der Waals surface area (Å²) in [6.45, 7) is 3.46. The van der Waals surface area contributed by atoms with Gasteiger partial charge in [0.05, 0.1) is 0 Å². The van der Waals surface area contributed by atoms with Crippen molar-refractivity contribution in [1.82, 2.24) is 5.32 Å². The number of benzene rings is 1. The third-order valence-electron chi connectivity index (χ3n) is 3.12. The molecule has 0 aliphatic carbocycles. The molecule has 0 radical (unpaired) electrons. The standard InChI is InChI=1S/C15H21F4NO/c1-3-7-20-12(6-8-21-9-13(16)17)11-5-4-10(2)14(18)15(11)19/h4-5,12-13,20H,3,6-9H2,1-2H3. The molecule has 0 fully saturated rings. The predicted molar refractivity (Wildman–Crippen MR) is 73.6 cm³/mol. The number of alkyl halides is 2. The van der Waals surface area contributed by atoms with E-state index in [-0.39, 0.29) is 17.7 Å². The van der Waals surface area contributed by atoms with Gasteiger partial charge in [0.1, 0.15) is 6.61 Å². The quantitative estimate of drug-likeness (QED) is 0.550. The van der Waals surface area contributed by atoms with E-state index >= 15 is 0 Å². The van der Waals surface area contributed by atoms with Crippen molar-refractivity contribution < 1.29 is 22.3 Å². The molecule has 0 saturated carbocycles. The van der Waals surface area contributed by atoms with Crippen LogP contribution in [0.25, 0.3) is 0 Å². The van der Waals surface area contributed by atoms with Crippen molar-refractivity contribution in [2.24, 2.45) is 0 Å². The summed E-state index contributed by atoms with van der Waals surface area (Å²) >= 11 is 0. The number of rotatable bonds is 9. The van der Waals surface area contributed by atoms with Crippen LogP contribution in [0, 0.1) is 18.6 Å². The van der Waals surface area contributed by atoms with Gasteiger partial charge in [-0.3, -0.25) is 0 Å². The molecule has 0 amide bonds. The van der Waals surface area contributed by atoms with E-state index in [1.54, 1.807) is 0 Å². The van der Waals surface area contributed by atoms with Gasteiger partial charge in [-0.25, -0.2) is 17.6 Å². The monoisotopic (exact) mass is 307 g/mol. The molecule has 6 heteroatoms. The van der Waals surface area contributed by atoms with Gasteiger partial charge < -0.3 is 10.1 Å². The van der Waals surface area contributed by atoms with Gasteiger partial charge >= 0.3 is 0 Å². The van der Waals surface area contributed by atoms with Crippen molar-refractivity contribution in [1.29, 1.82) is 0 Å². The first kappa shape index (κ1) is 17.9. The Kier molecular flexibility index (Phi) is 7.67. The molecule has 2 nitrogen and oxygen atoms in total. The summed E-state index contributed by atoms with van der Waals surface area (Å²) < 4.78 is 56.4.